The van der Waals surface area contributed by atoms with Gasteiger partial charge in [0.15, 0.2) is 0 Å². The van der Waals surface area contributed by atoms with Gasteiger partial charge >= 0.3 is 0 Å². The first-order chi connectivity index (χ1) is 16.2. The predicted octanol–water partition coefficient (Wildman–Crippen LogP) is 8.02. The Labute approximate surface area is 209 Å². The first kappa shape index (κ1) is 33.9. The lowest BCUT2D eigenvalue weighted by atomic mass is 9.99. The van der Waals surface area contributed by atoms with Crippen LogP contribution in [0.4, 0.5) is 0 Å². The van der Waals surface area contributed by atoms with Crippen LogP contribution in [0.1, 0.15) is 99.6 Å². The van der Waals surface area contributed by atoms with E-state index >= 15 is 0 Å². The molecule has 0 N–H and O–H groups in total. The number of benzene rings is 1. The van der Waals surface area contributed by atoms with E-state index < -0.39 is 0 Å². The van der Waals surface area contributed by atoms with Crippen molar-refractivity contribution in [2.24, 2.45) is 5.92 Å². The maximum Gasteiger partial charge on any atom is 0.0367 e. The van der Waals surface area contributed by atoms with Crippen LogP contribution in [0.3, 0.4) is 0 Å². The quantitative estimate of drug-likeness (QED) is 0.424. The van der Waals surface area contributed by atoms with Gasteiger partial charge in [0.2, 0.25) is 0 Å². The number of piperidine rings is 1. The number of hydrogen-bond donors (Lipinski definition) is 0. The molecule has 3 rings (SSSR count). The molecule has 2 fully saturated rings. The van der Waals surface area contributed by atoms with Crippen molar-refractivity contribution in [2.45, 2.75) is 95.0 Å². The van der Waals surface area contributed by atoms with Gasteiger partial charge in [-0.2, -0.15) is 0 Å². The minimum atomic E-state index is 0.846. The summed E-state index contributed by atoms with van der Waals surface area (Å²) in [5, 5.41) is 0. The van der Waals surface area contributed by atoms with E-state index in [9.17, 15) is 0 Å². The van der Waals surface area contributed by atoms with E-state index in [-0.39, 0.29) is 0 Å². The van der Waals surface area contributed by atoms with Gasteiger partial charge in [0.05, 0.1) is 0 Å². The smallest absolute Gasteiger partial charge is 0.0367 e. The Kier molecular flexibility index (Phi) is 23.1. The van der Waals surface area contributed by atoms with Crippen LogP contribution in [-0.2, 0) is 6.54 Å². The third-order valence-corrected chi connectivity index (χ3v) is 5.73. The fourth-order valence-corrected chi connectivity index (χ4v) is 4.23. The standard InChI is InChI=1S/C22H35N3.4C2H6/c1-4-11-23-13-15-25(16-14-23)20(3)22-9-7-21(8-10-22)18-24-12-5-6-19(2)17-24;4*1-2/h7-10,19H,3-6,11-18H2,1-2H3;4*1-2H3/t19-;;;;/m1..../s1. The fraction of sp³-hybridized carbons (Fsp3) is 0.733. The highest BCUT2D eigenvalue weighted by Crippen LogP contribution is 2.22. The molecule has 0 radical (unpaired) electrons. The molecule has 0 spiro atoms. The van der Waals surface area contributed by atoms with E-state index in [1.54, 1.807) is 0 Å². The summed E-state index contributed by atoms with van der Waals surface area (Å²) in [6, 6.07) is 9.13. The lowest BCUT2D eigenvalue weighted by Gasteiger charge is -2.37. The van der Waals surface area contributed by atoms with Crippen LogP contribution in [0.2, 0.25) is 0 Å². The Morgan fingerprint density at radius 1 is 0.818 bits per heavy atom. The Morgan fingerprint density at radius 2 is 1.36 bits per heavy atom. The highest BCUT2D eigenvalue weighted by Gasteiger charge is 2.19. The zero-order valence-electron chi connectivity index (χ0n) is 24.2. The van der Waals surface area contributed by atoms with Crippen molar-refractivity contribution in [2.75, 3.05) is 45.8 Å². The Hall–Kier alpha value is -1.32. The maximum absolute atomic E-state index is 4.37. The molecular weight excluding hydrogens is 402 g/mol. The molecule has 1 aromatic carbocycles. The molecular formula is C30H59N3. The normalized spacial score (nSPS) is 18.1. The molecule has 1 aromatic rings. The second-order valence-electron chi connectivity index (χ2n) is 7.95. The van der Waals surface area contributed by atoms with Crippen molar-refractivity contribution in [3.63, 3.8) is 0 Å². The summed E-state index contributed by atoms with van der Waals surface area (Å²) in [6.07, 6.45) is 3.99. The van der Waals surface area contributed by atoms with E-state index in [1.807, 2.05) is 55.4 Å². The van der Waals surface area contributed by atoms with Gasteiger partial charge in [-0.25, -0.2) is 0 Å². The molecule has 0 bridgehead atoms. The molecule has 194 valence electrons. The first-order valence-corrected chi connectivity index (χ1v) is 14.1. The second-order valence-corrected chi connectivity index (χ2v) is 7.95. The largest absolute Gasteiger partial charge is 0.369 e. The Balaban J connectivity index is 0. The van der Waals surface area contributed by atoms with Gasteiger partial charge in [0.1, 0.15) is 0 Å². The minimum Gasteiger partial charge on any atom is -0.369 e. The molecule has 0 aromatic heterocycles. The summed E-state index contributed by atoms with van der Waals surface area (Å²) in [5.41, 5.74) is 3.90. The van der Waals surface area contributed by atoms with Gasteiger partial charge in [-0.1, -0.05) is 100 Å². The average molecular weight is 462 g/mol. The summed E-state index contributed by atoms with van der Waals surface area (Å²) < 4.78 is 0. The van der Waals surface area contributed by atoms with Gasteiger partial charge in [0, 0.05) is 45.0 Å². The van der Waals surface area contributed by atoms with Crippen molar-refractivity contribution >= 4 is 5.70 Å². The summed E-state index contributed by atoms with van der Waals surface area (Å²) in [6.45, 7) is 34.4. The molecule has 0 aliphatic carbocycles. The molecule has 1 atom stereocenters. The van der Waals surface area contributed by atoms with Crippen molar-refractivity contribution in [3.05, 3.63) is 42.0 Å². The molecule has 3 nitrogen and oxygen atoms in total. The summed E-state index contributed by atoms with van der Waals surface area (Å²) in [4.78, 5) is 7.62. The molecule has 2 saturated heterocycles. The van der Waals surface area contributed by atoms with E-state index in [0.717, 1.165) is 38.6 Å². The van der Waals surface area contributed by atoms with Crippen molar-refractivity contribution in [1.82, 2.24) is 14.7 Å². The fourth-order valence-electron chi connectivity index (χ4n) is 4.23. The number of nitrogens with zero attached hydrogens (tertiary/aromatic N) is 3. The van der Waals surface area contributed by atoms with Crippen LogP contribution >= 0.6 is 0 Å². The third-order valence-electron chi connectivity index (χ3n) is 5.73. The van der Waals surface area contributed by atoms with Crippen LogP contribution in [0.25, 0.3) is 5.70 Å². The number of rotatable bonds is 6. The van der Waals surface area contributed by atoms with Crippen LogP contribution in [-0.4, -0.2) is 60.5 Å². The SMILES string of the molecule is C=C(c1ccc(CN2CCC[C@@H](C)C2)cc1)N1CCN(CCC)CC1.CC.CC.CC.CC. The summed E-state index contributed by atoms with van der Waals surface area (Å²) in [7, 11) is 0. The van der Waals surface area contributed by atoms with Gasteiger partial charge < -0.3 is 4.90 Å². The molecule has 33 heavy (non-hydrogen) atoms. The van der Waals surface area contributed by atoms with Crippen LogP contribution in [0.5, 0.6) is 0 Å². The lowest BCUT2D eigenvalue weighted by Crippen LogP contribution is -2.45. The third kappa shape index (κ3) is 13.2. The summed E-state index contributed by atoms with van der Waals surface area (Å²) in [5.74, 6) is 0.846. The number of hydrogen-bond acceptors (Lipinski definition) is 3. The zero-order chi connectivity index (χ0) is 25.6. The molecule has 3 heteroatoms. The van der Waals surface area contributed by atoms with E-state index in [4.69, 9.17) is 0 Å². The van der Waals surface area contributed by atoms with Crippen molar-refractivity contribution < 1.29 is 0 Å². The molecule has 0 amide bonds. The Morgan fingerprint density at radius 3 is 1.85 bits per heavy atom. The molecule has 0 unspecified atom stereocenters. The lowest BCUT2D eigenvalue weighted by molar-refractivity contribution is 0.176. The number of likely N-dealkylation sites (tertiary alicyclic amines) is 1. The van der Waals surface area contributed by atoms with Gasteiger partial charge in [0.25, 0.3) is 0 Å². The van der Waals surface area contributed by atoms with Crippen LogP contribution in [0, 0.1) is 5.92 Å². The Bertz CT molecular complexity index is 544. The summed E-state index contributed by atoms with van der Waals surface area (Å²) >= 11 is 0. The predicted molar refractivity (Wildman–Crippen MR) is 153 cm³/mol. The highest BCUT2D eigenvalue weighted by molar-refractivity contribution is 5.62. The monoisotopic (exact) mass is 461 g/mol. The van der Waals surface area contributed by atoms with Crippen molar-refractivity contribution in [1.29, 1.82) is 0 Å². The second kappa shape index (κ2) is 22.5. The average Bonchev–Trinajstić information content (AvgIpc) is 2.90. The molecule has 2 aliphatic heterocycles. The van der Waals surface area contributed by atoms with Gasteiger partial charge in [-0.15, -0.1) is 0 Å². The first-order valence-electron chi connectivity index (χ1n) is 14.1. The van der Waals surface area contributed by atoms with Gasteiger partial charge in [-0.3, -0.25) is 9.80 Å². The molecule has 2 aliphatic rings. The van der Waals surface area contributed by atoms with E-state index in [0.29, 0.717) is 0 Å². The van der Waals surface area contributed by atoms with Crippen LogP contribution in [0.15, 0.2) is 30.8 Å². The molecule has 0 saturated carbocycles. The topological polar surface area (TPSA) is 9.72 Å². The minimum absolute atomic E-state index is 0.846. The van der Waals surface area contributed by atoms with Crippen LogP contribution < -0.4 is 0 Å². The van der Waals surface area contributed by atoms with E-state index in [2.05, 4.69) is 59.4 Å². The highest BCUT2D eigenvalue weighted by atomic mass is 15.3. The van der Waals surface area contributed by atoms with Crippen molar-refractivity contribution in [3.8, 4) is 0 Å². The number of piperazine rings is 1. The van der Waals surface area contributed by atoms with E-state index in [1.165, 1.54) is 55.7 Å². The zero-order valence-corrected chi connectivity index (χ0v) is 24.2. The van der Waals surface area contributed by atoms with Gasteiger partial charge in [-0.05, 0) is 49.4 Å². The molecule has 2 heterocycles. The maximum atomic E-state index is 4.37.